The minimum absolute atomic E-state index is 0.136. The second-order valence-corrected chi connectivity index (χ2v) is 5.36. The number of rotatable bonds is 3. The van der Waals surface area contributed by atoms with Crippen LogP contribution in [0, 0.1) is 23.7 Å². The molecule has 0 aromatic heterocycles. The zero-order chi connectivity index (χ0) is 11.2. The molecule has 15 heavy (non-hydrogen) atoms. The molecule has 1 heterocycles. The lowest BCUT2D eigenvalue weighted by Gasteiger charge is -2.44. The van der Waals surface area contributed by atoms with Gasteiger partial charge in [-0.2, -0.15) is 12.6 Å². The zero-order valence-corrected chi connectivity index (χ0v) is 10.5. The third-order valence-electron chi connectivity index (χ3n) is 4.33. The highest BCUT2D eigenvalue weighted by Gasteiger charge is 2.62. The van der Waals surface area contributed by atoms with Crippen molar-refractivity contribution in [3.8, 4) is 0 Å². The van der Waals surface area contributed by atoms with E-state index < -0.39 is 0 Å². The highest BCUT2D eigenvalue weighted by atomic mass is 32.1. The van der Waals surface area contributed by atoms with Gasteiger partial charge in [0.05, 0.1) is 6.61 Å². The zero-order valence-electron chi connectivity index (χ0n) is 9.64. The summed E-state index contributed by atoms with van der Waals surface area (Å²) in [4.78, 5) is 0. The number of thiol groups is 1. The van der Waals surface area contributed by atoms with Crippen molar-refractivity contribution in [2.24, 2.45) is 23.7 Å². The van der Waals surface area contributed by atoms with Crippen LogP contribution < -0.4 is 0 Å². The third kappa shape index (κ3) is 1.65. The first-order chi connectivity index (χ1) is 7.07. The fourth-order valence-corrected chi connectivity index (χ4v) is 3.73. The van der Waals surface area contributed by atoms with Crippen molar-refractivity contribution < 1.29 is 9.47 Å². The van der Waals surface area contributed by atoms with E-state index in [0.717, 1.165) is 0 Å². The Hall–Kier alpha value is 0.335. The van der Waals surface area contributed by atoms with E-state index in [1.807, 2.05) is 0 Å². The van der Waals surface area contributed by atoms with Crippen molar-refractivity contribution in [3.05, 3.63) is 0 Å². The Morgan fingerprint density at radius 1 is 1.40 bits per heavy atom. The van der Waals surface area contributed by atoms with Gasteiger partial charge in [0.1, 0.15) is 13.4 Å². The molecule has 1 saturated heterocycles. The van der Waals surface area contributed by atoms with Crippen LogP contribution in [-0.2, 0) is 9.47 Å². The van der Waals surface area contributed by atoms with Crippen molar-refractivity contribution in [1.82, 2.24) is 0 Å². The predicted molar refractivity (Wildman–Crippen MR) is 64.4 cm³/mol. The Bertz CT molecular complexity index is 251. The minimum atomic E-state index is -0.288. The lowest BCUT2D eigenvalue weighted by molar-refractivity contribution is -0.149. The molecule has 3 unspecified atom stereocenters. The van der Waals surface area contributed by atoms with E-state index in [4.69, 9.17) is 17.3 Å². The molecule has 1 aliphatic heterocycles. The Labute approximate surface area is 98.9 Å². The topological polar surface area (TPSA) is 18.5 Å². The number of hydrogen-bond donors (Lipinski definition) is 1. The maximum Gasteiger partial charge on any atom is 0.109 e. The number of ether oxygens (including phenoxy) is 2. The molecular formula is C11H19BO2S. The first-order valence-corrected chi connectivity index (χ1v) is 6.24. The Morgan fingerprint density at radius 3 is 2.60 bits per heavy atom. The van der Waals surface area contributed by atoms with E-state index in [2.05, 4.69) is 26.5 Å². The SMILES string of the molecule is [B]C1OC(CS)(COC)[C@H](C)[C@@H]2C(C)[C@H]12. The van der Waals surface area contributed by atoms with Crippen LogP contribution in [0.15, 0.2) is 0 Å². The number of hydrogen-bond acceptors (Lipinski definition) is 3. The van der Waals surface area contributed by atoms with Crippen LogP contribution in [0.5, 0.6) is 0 Å². The predicted octanol–water partition coefficient (Wildman–Crippen LogP) is 1.34. The maximum atomic E-state index is 6.04. The van der Waals surface area contributed by atoms with Crippen LogP contribution in [0.25, 0.3) is 0 Å². The summed E-state index contributed by atoms with van der Waals surface area (Å²) in [7, 11) is 7.75. The average Bonchev–Trinajstić information content (AvgIpc) is 2.87. The molecule has 1 saturated carbocycles. The van der Waals surface area contributed by atoms with Crippen LogP contribution in [0.3, 0.4) is 0 Å². The van der Waals surface area contributed by atoms with E-state index in [9.17, 15) is 0 Å². The smallest absolute Gasteiger partial charge is 0.109 e. The molecule has 2 rings (SSSR count). The monoisotopic (exact) mass is 226 g/mol. The van der Waals surface area contributed by atoms with Gasteiger partial charge in [-0.15, -0.1) is 0 Å². The van der Waals surface area contributed by atoms with Gasteiger partial charge in [-0.3, -0.25) is 0 Å². The van der Waals surface area contributed by atoms with E-state index in [1.165, 1.54) is 0 Å². The van der Waals surface area contributed by atoms with E-state index in [1.54, 1.807) is 7.11 Å². The van der Waals surface area contributed by atoms with E-state index in [0.29, 0.717) is 36.0 Å². The molecule has 1 aliphatic carbocycles. The summed E-state index contributed by atoms with van der Waals surface area (Å²) in [5, 5.41) is 0. The van der Waals surface area contributed by atoms with Gasteiger partial charge in [-0.1, -0.05) is 13.8 Å². The molecule has 0 bridgehead atoms. The fraction of sp³-hybridized carbons (Fsp3) is 1.00. The van der Waals surface area contributed by atoms with Crippen LogP contribution in [-0.4, -0.2) is 38.9 Å². The van der Waals surface area contributed by atoms with E-state index in [-0.39, 0.29) is 11.6 Å². The van der Waals surface area contributed by atoms with E-state index >= 15 is 0 Å². The Morgan fingerprint density at radius 2 is 2.07 bits per heavy atom. The molecule has 2 aliphatic rings. The molecule has 0 N–H and O–H groups in total. The fourth-order valence-electron chi connectivity index (χ4n) is 3.28. The molecule has 0 aromatic rings. The summed E-state index contributed by atoms with van der Waals surface area (Å²) in [6.45, 7) is 5.08. The normalized spacial score (nSPS) is 53.7. The molecule has 2 nitrogen and oxygen atoms in total. The van der Waals surface area contributed by atoms with Gasteiger partial charge in [0.2, 0.25) is 0 Å². The van der Waals surface area contributed by atoms with Gasteiger partial charge in [0.25, 0.3) is 0 Å². The third-order valence-corrected chi connectivity index (χ3v) is 4.87. The van der Waals surface area contributed by atoms with Crippen LogP contribution >= 0.6 is 12.6 Å². The van der Waals surface area contributed by atoms with Gasteiger partial charge in [-0.25, -0.2) is 0 Å². The summed E-state index contributed by atoms with van der Waals surface area (Å²) < 4.78 is 11.2. The Kier molecular flexibility index (Phi) is 3.13. The van der Waals surface area contributed by atoms with Crippen LogP contribution in [0.4, 0.5) is 0 Å². The largest absolute Gasteiger partial charge is 0.382 e. The Balaban J connectivity index is 2.18. The quantitative estimate of drug-likeness (QED) is 0.578. The van der Waals surface area contributed by atoms with Gasteiger partial charge in [0.15, 0.2) is 0 Å². The standard InChI is InChI=1S/C11H19BO2S/c1-6-8-7(2)11(5-15,4-13-3)14-10(12)9(6)8/h6-10,15H,4-5H2,1-3H3/t6?,7-,8+,9+,10?,11?/m1/s1. The summed E-state index contributed by atoms with van der Waals surface area (Å²) in [5.41, 5.74) is -0.288. The molecule has 0 aromatic carbocycles. The highest BCUT2D eigenvalue weighted by molar-refractivity contribution is 7.80. The van der Waals surface area contributed by atoms with Crippen molar-refractivity contribution in [1.29, 1.82) is 0 Å². The number of methoxy groups -OCH3 is 1. The summed E-state index contributed by atoms with van der Waals surface area (Å²) in [5.74, 6) is 3.08. The number of fused-ring (bicyclic) bond motifs is 1. The molecule has 0 amide bonds. The van der Waals surface area contributed by atoms with Crippen molar-refractivity contribution >= 4 is 20.5 Å². The summed E-state index contributed by atoms with van der Waals surface area (Å²) in [6, 6.07) is -0.136. The lowest BCUT2D eigenvalue weighted by Crippen LogP contribution is -2.53. The van der Waals surface area contributed by atoms with Crippen LogP contribution in [0.2, 0.25) is 0 Å². The summed E-state index contributed by atoms with van der Waals surface area (Å²) >= 11 is 4.41. The minimum Gasteiger partial charge on any atom is -0.382 e. The molecule has 2 radical (unpaired) electrons. The molecule has 0 spiro atoms. The van der Waals surface area contributed by atoms with Gasteiger partial charge < -0.3 is 9.47 Å². The van der Waals surface area contributed by atoms with Gasteiger partial charge in [0, 0.05) is 18.9 Å². The molecule has 2 fully saturated rings. The van der Waals surface area contributed by atoms with Crippen molar-refractivity contribution in [2.75, 3.05) is 19.5 Å². The second kappa shape index (κ2) is 3.97. The first-order valence-electron chi connectivity index (χ1n) is 5.60. The van der Waals surface area contributed by atoms with Gasteiger partial charge >= 0.3 is 0 Å². The van der Waals surface area contributed by atoms with Crippen molar-refractivity contribution in [2.45, 2.75) is 25.5 Å². The molecule has 84 valence electrons. The highest BCUT2D eigenvalue weighted by Crippen LogP contribution is 2.60. The van der Waals surface area contributed by atoms with Gasteiger partial charge in [-0.05, 0) is 23.7 Å². The molecular weight excluding hydrogens is 207 g/mol. The second-order valence-electron chi connectivity index (χ2n) is 5.04. The lowest BCUT2D eigenvalue weighted by atomic mass is 9.79. The molecule has 6 atom stereocenters. The van der Waals surface area contributed by atoms with Crippen molar-refractivity contribution in [3.63, 3.8) is 0 Å². The summed E-state index contributed by atoms with van der Waals surface area (Å²) in [6.07, 6.45) is 0. The van der Waals surface area contributed by atoms with Crippen LogP contribution in [0.1, 0.15) is 13.8 Å². The maximum absolute atomic E-state index is 6.04. The molecule has 4 heteroatoms. The first kappa shape index (κ1) is 11.8. The average molecular weight is 226 g/mol.